The number of allylic oxidation sites excluding steroid dienone is 4. The van der Waals surface area contributed by atoms with Crippen LogP contribution in [0.15, 0.2) is 53.8 Å². The summed E-state index contributed by atoms with van der Waals surface area (Å²) in [6.07, 6.45) is 23.1. The van der Waals surface area contributed by atoms with Crippen LogP contribution in [-0.4, -0.2) is 35.7 Å². The van der Waals surface area contributed by atoms with Gasteiger partial charge in [0, 0.05) is 19.3 Å². The van der Waals surface area contributed by atoms with Gasteiger partial charge in [0.2, 0.25) is 0 Å². The second-order valence-corrected chi connectivity index (χ2v) is 15.5. The Hall–Kier alpha value is -2.49. The molecule has 2 aliphatic rings. The number of hydrogen-bond donors (Lipinski definition) is 2. The van der Waals surface area contributed by atoms with Gasteiger partial charge in [-0.1, -0.05) is 163 Å². The van der Waals surface area contributed by atoms with Crippen LogP contribution in [0.5, 0.6) is 0 Å². The van der Waals surface area contributed by atoms with Crippen molar-refractivity contribution < 1.29 is 4.79 Å². The van der Waals surface area contributed by atoms with Crippen molar-refractivity contribution in [3.63, 3.8) is 0 Å². The highest BCUT2D eigenvalue weighted by molar-refractivity contribution is 6.08. The molecule has 50 heavy (non-hydrogen) atoms. The van der Waals surface area contributed by atoms with E-state index in [-0.39, 0.29) is 11.2 Å². The van der Waals surface area contributed by atoms with Crippen LogP contribution in [0.25, 0.3) is 0 Å². The Labute approximate surface area is 312 Å². The minimum Gasteiger partial charge on any atom is -0.369 e. The molecule has 4 nitrogen and oxygen atoms in total. The number of carbonyl (C=O) groups excluding carboxylic acids is 1. The molecule has 1 aromatic carbocycles. The topological polar surface area (TPSA) is 68.0 Å². The lowest BCUT2D eigenvalue weighted by molar-refractivity contribution is -0.115. The maximum absolute atomic E-state index is 9.44. The number of Topliss-reactive ketones (excluding diaryl/α,β-unsaturated/α-hetero) is 1. The molecule has 1 saturated heterocycles. The molecule has 3 rings (SSSR count). The highest BCUT2D eigenvalue weighted by atomic mass is 16.1. The summed E-state index contributed by atoms with van der Waals surface area (Å²) in [6.45, 7) is 29.2. The molecular weight excluding hydrogens is 611 g/mol. The van der Waals surface area contributed by atoms with Gasteiger partial charge in [0.15, 0.2) is 0 Å². The van der Waals surface area contributed by atoms with Crippen LogP contribution in [0.3, 0.4) is 0 Å². The predicted octanol–water partition coefficient (Wildman–Crippen LogP) is 14.3. The van der Waals surface area contributed by atoms with E-state index in [0.717, 1.165) is 42.6 Å². The van der Waals surface area contributed by atoms with Crippen molar-refractivity contribution in [2.24, 2.45) is 23.2 Å². The molecule has 0 spiro atoms. The van der Waals surface area contributed by atoms with Gasteiger partial charge >= 0.3 is 0 Å². The zero-order chi connectivity index (χ0) is 38.5. The van der Waals surface area contributed by atoms with Gasteiger partial charge < -0.3 is 20.5 Å². The Morgan fingerprint density at radius 1 is 0.880 bits per heavy atom. The standard InChI is InChI=1S/C19H33N3.C13H18.C9H20.C3H6O.C2H6/c1-7-8-16(5)18(21)9-17(11-20)22-12-15(4)10-19(6,13-22)14(2)3;1-11-7-9-13(10-8-11)12-5-3-2-4-6-12;1-3-5-7-9-8-6-4-2;1-3(2)4;1-2/h8-9,11,14-15,20-21H,7,10,12-13H2,1-6H3;2-6,11,13H,7-10H2,1H3;3-9H2,1-2H3;1-2H3;1-2H3/b16-8+,17-9+,20-11?,21-18?;;;;. The average molecular weight is 694 g/mol. The highest BCUT2D eigenvalue weighted by Gasteiger charge is 2.37. The number of rotatable bonds is 13. The van der Waals surface area contributed by atoms with Crippen molar-refractivity contribution in [1.29, 1.82) is 10.8 Å². The van der Waals surface area contributed by atoms with E-state index in [9.17, 15) is 4.79 Å². The molecule has 288 valence electrons. The van der Waals surface area contributed by atoms with Crippen LogP contribution >= 0.6 is 0 Å². The molecule has 0 bridgehead atoms. The number of piperidine rings is 1. The molecule has 4 heteroatoms. The smallest absolute Gasteiger partial charge is 0.126 e. The molecule has 2 fully saturated rings. The lowest BCUT2D eigenvalue weighted by Crippen LogP contribution is -2.47. The molecule has 1 aromatic rings. The van der Waals surface area contributed by atoms with Gasteiger partial charge in [-0.05, 0) is 92.8 Å². The normalized spacial score (nSPS) is 21.9. The summed E-state index contributed by atoms with van der Waals surface area (Å²) in [4.78, 5) is 11.7. The van der Waals surface area contributed by atoms with Crippen LogP contribution in [-0.2, 0) is 4.79 Å². The predicted molar refractivity (Wildman–Crippen MR) is 225 cm³/mol. The van der Waals surface area contributed by atoms with E-state index in [4.69, 9.17) is 10.8 Å². The summed E-state index contributed by atoms with van der Waals surface area (Å²) in [5.41, 5.74) is 4.20. The fourth-order valence-electron chi connectivity index (χ4n) is 6.67. The van der Waals surface area contributed by atoms with Crippen molar-refractivity contribution in [2.75, 3.05) is 13.1 Å². The van der Waals surface area contributed by atoms with Crippen molar-refractivity contribution in [3.05, 3.63) is 59.3 Å². The number of carbonyl (C=O) groups is 1. The van der Waals surface area contributed by atoms with Gasteiger partial charge in [-0.3, -0.25) is 0 Å². The lowest BCUT2D eigenvalue weighted by Gasteiger charge is -2.47. The first-order valence-electron chi connectivity index (χ1n) is 20.5. The zero-order valence-corrected chi connectivity index (χ0v) is 35.4. The van der Waals surface area contributed by atoms with Gasteiger partial charge in [0.25, 0.3) is 0 Å². The third-order valence-corrected chi connectivity index (χ3v) is 10.0. The Morgan fingerprint density at radius 3 is 1.82 bits per heavy atom. The summed E-state index contributed by atoms with van der Waals surface area (Å²) >= 11 is 0. The van der Waals surface area contributed by atoms with Gasteiger partial charge in [0.1, 0.15) is 5.78 Å². The van der Waals surface area contributed by atoms with E-state index in [2.05, 4.69) is 96.7 Å². The second kappa shape index (κ2) is 30.2. The Kier molecular flexibility index (Phi) is 29.9. The van der Waals surface area contributed by atoms with E-state index >= 15 is 0 Å². The molecule has 1 saturated carbocycles. The molecule has 2 atom stereocenters. The van der Waals surface area contributed by atoms with Gasteiger partial charge in [-0.2, -0.15) is 0 Å². The fraction of sp³-hybridized carbons (Fsp3) is 0.717. The summed E-state index contributed by atoms with van der Waals surface area (Å²) in [5.74, 6) is 3.20. The first-order chi connectivity index (χ1) is 23.7. The van der Waals surface area contributed by atoms with Crippen LogP contribution in [0.1, 0.15) is 185 Å². The molecule has 0 aromatic heterocycles. The number of nitrogens with one attached hydrogen (secondary N) is 2. The van der Waals surface area contributed by atoms with Crippen LogP contribution < -0.4 is 0 Å². The van der Waals surface area contributed by atoms with Gasteiger partial charge in [0.05, 0.1) is 11.4 Å². The average Bonchev–Trinajstić information content (AvgIpc) is 3.08. The number of hydrogen-bond acceptors (Lipinski definition) is 4. The van der Waals surface area contributed by atoms with Crippen LogP contribution in [0.2, 0.25) is 0 Å². The molecule has 0 amide bonds. The van der Waals surface area contributed by atoms with Crippen molar-refractivity contribution >= 4 is 17.7 Å². The van der Waals surface area contributed by atoms with Crippen molar-refractivity contribution in [3.8, 4) is 0 Å². The molecule has 1 aliphatic carbocycles. The molecule has 2 unspecified atom stereocenters. The maximum atomic E-state index is 9.44. The number of unbranched alkanes of at least 4 members (excludes halogenated alkanes) is 6. The summed E-state index contributed by atoms with van der Waals surface area (Å²) in [7, 11) is 0. The quantitative estimate of drug-likeness (QED) is 0.159. The fourth-order valence-corrected chi connectivity index (χ4v) is 6.67. The number of likely N-dealkylation sites (tertiary alicyclic amines) is 1. The minimum atomic E-state index is 0.167. The van der Waals surface area contributed by atoms with Gasteiger partial charge in [-0.25, -0.2) is 0 Å². The summed E-state index contributed by atoms with van der Waals surface area (Å²) in [6, 6.07) is 11.0. The minimum absolute atomic E-state index is 0.167. The largest absolute Gasteiger partial charge is 0.369 e. The van der Waals surface area contributed by atoms with E-state index in [1.807, 2.05) is 26.8 Å². The number of nitrogens with zero attached hydrogens (tertiary/aromatic N) is 1. The highest BCUT2D eigenvalue weighted by Crippen LogP contribution is 2.40. The Balaban J connectivity index is 0. The van der Waals surface area contributed by atoms with E-state index in [1.54, 1.807) is 5.56 Å². The molecular formula is C46H83N3O. The number of ketones is 1. The van der Waals surface area contributed by atoms with Crippen molar-refractivity contribution in [2.45, 2.75) is 179 Å². The van der Waals surface area contributed by atoms with E-state index in [1.165, 1.54) is 97.1 Å². The summed E-state index contributed by atoms with van der Waals surface area (Å²) in [5, 5.41) is 16.0. The molecule has 2 N–H and O–H groups in total. The monoisotopic (exact) mass is 694 g/mol. The molecule has 0 radical (unpaired) electrons. The second-order valence-electron chi connectivity index (χ2n) is 15.5. The zero-order valence-electron chi connectivity index (χ0n) is 35.4. The van der Waals surface area contributed by atoms with Crippen molar-refractivity contribution in [1.82, 2.24) is 4.90 Å². The third-order valence-electron chi connectivity index (χ3n) is 10.0. The molecule has 1 aliphatic heterocycles. The number of benzene rings is 1. The first kappa shape index (κ1) is 49.6. The van der Waals surface area contributed by atoms with Gasteiger partial charge in [-0.15, -0.1) is 0 Å². The Bertz CT molecular complexity index is 1050. The first-order valence-corrected chi connectivity index (χ1v) is 20.5. The van der Waals surface area contributed by atoms with E-state index in [0.29, 0.717) is 17.5 Å². The summed E-state index contributed by atoms with van der Waals surface area (Å²) < 4.78 is 0. The van der Waals surface area contributed by atoms with E-state index < -0.39 is 0 Å². The SMILES string of the molecule is CC.CC(C)=O.CC/C=C(\C)C(=N)/C=C(\C=N)N1CC(C)CC(C)(C(C)C)C1.CC1CCC(c2ccccc2)CC1.CCCCCCCCC. The third kappa shape index (κ3) is 23.1. The van der Waals surface area contributed by atoms with Crippen LogP contribution in [0, 0.1) is 34.0 Å². The lowest BCUT2D eigenvalue weighted by atomic mass is 9.70. The Morgan fingerprint density at radius 2 is 1.38 bits per heavy atom. The maximum Gasteiger partial charge on any atom is 0.126 e. The van der Waals surface area contributed by atoms with Crippen LogP contribution in [0.4, 0.5) is 0 Å². The molecule has 1 heterocycles.